The lowest BCUT2D eigenvalue weighted by Gasteiger charge is -2.35. The molecule has 0 aromatic heterocycles. The second-order valence-corrected chi connectivity index (χ2v) is 7.15. The zero-order valence-electron chi connectivity index (χ0n) is 14.8. The van der Waals surface area contributed by atoms with Crippen molar-refractivity contribution in [1.29, 1.82) is 0 Å². The van der Waals surface area contributed by atoms with Crippen molar-refractivity contribution in [3.8, 4) is 0 Å². The maximum atomic E-state index is 13.6. The average molecular weight is 354 g/mol. The summed E-state index contributed by atoms with van der Waals surface area (Å²) in [5.41, 5.74) is -0.541. The first-order valence-corrected chi connectivity index (χ1v) is 8.33. The number of aldehydes is 1. The lowest BCUT2D eigenvalue weighted by Crippen LogP contribution is -2.50. The van der Waals surface area contributed by atoms with Crippen molar-refractivity contribution in [2.75, 3.05) is 32.7 Å². The summed E-state index contributed by atoms with van der Waals surface area (Å²) in [7, 11) is 0. The minimum absolute atomic E-state index is 0.185. The fourth-order valence-electron chi connectivity index (χ4n) is 2.66. The van der Waals surface area contributed by atoms with Crippen LogP contribution in [-0.4, -0.2) is 60.5 Å². The molecular formula is C18H24F2N2O3. The highest BCUT2D eigenvalue weighted by Crippen LogP contribution is 2.15. The van der Waals surface area contributed by atoms with Gasteiger partial charge in [-0.1, -0.05) is 0 Å². The number of carbonyl (C=O) groups excluding carboxylic acids is 2. The normalized spacial score (nSPS) is 16.0. The quantitative estimate of drug-likeness (QED) is 0.780. The first-order chi connectivity index (χ1) is 11.7. The number of benzene rings is 1. The highest BCUT2D eigenvalue weighted by atomic mass is 19.1. The molecule has 0 atom stereocenters. The molecule has 5 nitrogen and oxygen atoms in total. The Hall–Kier alpha value is -2.02. The van der Waals surface area contributed by atoms with Crippen LogP contribution in [0.3, 0.4) is 0 Å². The Morgan fingerprint density at radius 3 is 2.20 bits per heavy atom. The molecule has 1 fully saturated rings. The van der Waals surface area contributed by atoms with Crippen LogP contribution >= 0.6 is 0 Å². The van der Waals surface area contributed by atoms with Crippen LogP contribution in [0.5, 0.6) is 0 Å². The molecule has 1 amide bonds. The van der Waals surface area contributed by atoms with Gasteiger partial charge in [-0.3, -0.25) is 9.69 Å². The molecule has 0 aliphatic carbocycles. The van der Waals surface area contributed by atoms with Gasteiger partial charge in [-0.05, 0) is 44.9 Å². The third-order valence-corrected chi connectivity index (χ3v) is 4.00. The summed E-state index contributed by atoms with van der Waals surface area (Å²) in [5.74, 6) is -1.67. The lowest BCUT2D eigenvalue weighted by atomic mass is 10.1. The van der Waals surface area contributed by atoms with Gasteiger partial charge < -0.3 is 9.64 Å². The number of rotatable bonds is 4. The van der Waals surface area contributed by atoms with Gasteiger partial charge in [0.05, 0.1) is 5.56 Å². The summed E-state index contributed by atoms with van der Waals surface area (Å²) in [5, 5.41) is 0. The molecule has 0 radical (unpaired) electrons. The van der Waals surface area contributed by atoms with Gasteiger partial charge in [-0.15, -0.1) is 0 Å². The minimum Gasteiger partial charge on any atom is -0.444 e. The molecule has 0 spiro atoms. The van der Waals surface area contributed by atoms with Crippen LogP contribution in [-0.2, 0) is 11.2 Å². The van der Waals surface area contributed by atoms with Crippen LogP contribution in [0.25, 0.3) is 0 Å². The second-order valence-electron chi connectivity index (χ2n) is 7.15. The van der Waals surface area contributed by atoms with Crippen molar-refractivity contribution >= 4 is 12.4 Å². The molecule has 0 saturated carbocycles. The van der Waals surface area contributed by atoms with Gasteiger partial charge in [-0.25, -0.2) is 13.6 Å². The minimum atomic E-state index is -0.834. The highest BCUT2D eigenvalue weighted by molar-refractivity contribution is 5.75. The smallest absolute Gasteiger partial charge is 0.410 e. The maximum Gasteiger partial charge on any atom is 0.410 e. The zero-order chi connectivity index (χ0) is 18.6. The van der Waals surface area contributed by atoms with Gasteiger partial charge in [0.1, 0.15) is 17.2 Å². The summed E-state index contributed by atoms with van der Waals surface area (Å²) in [6, 6.07) is 2.40. The second kappa shape index (κ2) is 7.91. The molecule has 1 aliphatic rings. The number of piperazine rings is 1. The maximum absolute atomic E-state index is 13.6. The molecule has 1 aliphatic heterocycles. The Labute approximate surface area is 146 Å². The lowest BCUT2D eigenvalue weighted by molar-refractivity contribution is 0.0146. The Morgan fingerprint density at radius 2 is 1.72 bits per heavy atom. The number of amides is 1. The fourth-order valence-corrected chi connectivity index (χ4v) is 2.66. The molecule has 7 heteroatoms. The fraction of sp³-hybridized carbons (Fsp3) is 0.556. The van der Waals surface area contributed by atoms with Crippen molar-refractivity contribution < 1.29 is 23.1 Å². The van der Waals surface area contributed by atoms with Crippen LogP contribution < -0.4 is 0 Å². The van der Waals surface area contributed by atoms with E-state index in [4.69, 9.17) is 4.74 Å². The highest BCUT2D eigenvalue weighted by Gasteiger charge is 2.25. The van der Waals surface area contributed by atoms with Crippen LogP contribution in [0.4, 0.5) is 13.6 Å². The summed E-state index contributed by atoms with van der Waals surface area (Å²) in [6.45, 7) is 8.58. The topological polar surface area (TPSA) is 49.9 Å². The van der Waals surface area contributed by atoms with E-state index in [1.54, 1.807) is 4.90 Å². The summed E-state index contributed by atoms with van der Waals surface area (Å²) >= 11 is 0. The standard InChI is InChI=1S/C18H24F2N2O3/c1-18(2,3)25-17(24)22-8-6-21(7-9-22)5-4-13-10-15(19)14(12-23)16(20)11-13/h10-12H,4-9H2,1-3H3. The molecule has 1 aromatic rings. The molecule has 0 N–H and O–H groups in total. The zero-order valence-corrected chi connectivity index (χ0v) is 14.8. The van der Waals surface area contributed by atoms with E-state index in [-0.39, 0.29) is 12.4 Å². The number of hydrogen-bond donors (Lipinski definition) is 0. The Morgan fingerprint density at radius 1 is 1.16 bits per heavy atom. The van der Waals surface area contributed by atoms with Gasteiger partial charge in [0.15, 0.2) is 6.29 Å². The number of nitrogens with zero attached hydrogens (tertiary/aromatic N) is 2. The number of carbonyl (C=O) groups is 2. The summed E-state index contributed by atoms with van der Waals surface area (Å²) < 4.78 is 32.6. The summed E-state index contributed by atoms with van der Waals surface area (Å²) in [4.78, 5) is 26.4. The van der Waals surface area contributed by atoms with Crippen molar-refractivity contribution in [1.82, 2.24) is 9.80 Å². The number of ether oxygens (including phenoxy) is 1. The van der Waals surface area contributed by atoms with Gasteiger partial charge in [-0.2, -0.15) is 0 Å². The SMILES string of the molecule is CC(C)(C)OC(=O)N1CCN(CCc2cc(F)c(C=O)c(F)c2)CC1. The van der Waals surface area contributed by atoms with Crippen molar-refractivity contribution in [3.63, 3.8) is 0 Å². The monoisotopic (exact) mass is 354 g/mol. The third-order valence-electron chi connectivity index (χ3n) is 4.00. The van der Waals surface area contributed by atoms with Crippen LogP contribution in [0.1, 0.15) is 36.7 Å². The van der Waals surface area contributed by atoms with Crippen molar-refractivity contribution in [3.05, 3.63) is 34.9 Å². The average Bonchev–Trinajstić information content (AvgIpc) is 2.51. The largest absolute Gasteiger partial charge is 0.444 e. The van der Waals surface area contributed by atoms with E-state index in [1.807, 2.05) is 20.8 Å². The van der Waals surface area contributed by atoms with Gasteiger partial charge in [0.25, 0.3) is 0 Å². The predicted molar refractivity (Wildman–Crippen MR) is 89.7 cm³/mol. The van der Waals surface area contributed by atoms with E-state index in [0.29, 0.717) is 44.7 Å². The molecular weight excluding hydrogens is 330 g/mol. The molecule has 0 unspecified atom stereocenters. The van der Waals surface area contributed by atoms with Gasteiger partial charge in [0, 0.05) is 32.7 Å². The van der Waals surface area contributed by atoms with Gasteiger partial charge >= 0.3 is 6.09 Å². The van der Waals surface area contributed by atoms with E-state index in [2.05, 4.69) is 4.90 Å². The first-order valence-electron chi connectivity index (χ1n) is 8.33. The molecule has 2 rings (SSSR count). The molecule has 138 valence electrons. The van der Waals surface area contributed by atoms with Crippen molar-refractivity contribution in [2.45, 2.75) is 32.8 Å². The Kier molecular flexibility index (Phi) is 6.11. The van der Waals surface area contributed by atoms with Crippen LogP contribution in [0.2, 0.25) is 0 Å². The predicted octanol–water partition coefficient (Wildman–Crippen LogP) is 2.87. The van der Waals surface area contributed by atoms with Crippen molar-refractivity contribution in [2.24, 2.45) is 0 Å². The molecule has 0 bridgehead atoms. The van der Waals surface area contributed by atoms with E-state index >= 15 is 0 Å². The molecule has 1 saturated heterocycles. The molecule has 25 heavy (non-hydrogen) atoms. The first kappa shape index (κ1) is 19.3. The summed E-state index contributed by atoms with van der Waals surface area (Å²) in [6.07, 6.45) is 0.338. The van der Waals surface area contributed by atoms with E-state index in [9.17, 15) is 18.4 Å². The van der Waals surface area contributed by atoms with Crippen LogP contribution in [0, 0.1) is 11.6 Å². The molecule has 1 heterocycles. The van der Waals surface area contributed by atoms with Gasteiger partial charge in [0.2, 0.25) is 0 Å². The Balaban J connectivity index is 1.83. The van der Waals surface area contributed by atoms with E-state index < -0.39 is 22.8 Å². The molecule has 1 aromatic carbocycles. The third kappa shape index (κ3) is 5.49. The Bertz CT molecular complexity index is 613. The number of hydrogen-bond acceptors (Lipinski definition) is 4. The van der Waals surface area contributed by atoms with Crippen LogP contribution in [0.15, 0.2) is 12.1 Å². The van der Waals surface area contributed by atoms with E-state index in [1.165, 1.54) is 12.1 Å². The van der Waals surface area contributed by atoms with E-state index in [0.717, 1.165) is 0 Å². The number of halogens is 2.